The zero-order chi connectivity index (χ0) is 15.6. The van der Waals surface area contributed by atoms with E-state index in [9.17, 15) is 4.79 Å². The number of esters is 1. The fraction of sp³-hybridized carbons (Fsp3) is 0.938. The predicted molar refractivity (Wildman–Crippen MR) is 94.6 cm³/mol. The van der Waals surface area contributed by atoms with Crippen molar-refractivity contribution >= 4 is 27.6 Å². The molecule has 0 bridgehead atoms. The van der Waals surface area contributed by atoms with Gasteiger partial charge in [0.15, 0.2) is 0 Å². The van der Waals surface area contributed by atoms with Crippen LogP contribution in [0, 0.1) is 0 Å². The number of rotatable bonds is 11. The van der Waals surface area contributed by atoms with Gasteiger partial charge in [0.1, 0.15) is 0 Å². The van der Waals surface area contributed by atoms with Crippen molar-refractivity contribution in [2.24, 2.45) is 0 Å². The fourth-order valence-electron chi connectivity index (χ4n) is 2.33. The van der Waals surface area contributed by atoms with Crippen molar-refractivity contribution in [3.8, 4) is 0 Å². The average molecular weight is 335 g/mol. The third kappa shape index (κ3) is 11.4. The Labute approximate surface area is 138 Å². The Morgan fingerprint density at radius 3 is 2.62 bits per heavy atom. The van der Waals surface area contributed by atoms with Gasteiger partial charge in [-0.2, -0.15) is 0 Å². The van der Waals surface area contributed by atoms with Crippen LogP contribution in [0.1, 0.15) is 51.4 Å². The summed E-state index contributed by atoms with van der Waals surface area (Å²) in [5.74, 6) is 1.29. The van der Waals surface area contributed by atoms with Crippen molar-refractivity contribution in [1.82, 2.24) is 0 Å². The van der Waals surface area contributed by atoms with Gasteiger partial charge in [-0.15, -0.1) is 0 Å². The average Bonchev–Trinajstić information content (AvgIpc) is 2.90. The lowest BCUT2D eigenvalue weighted by Crippen LogP contribution is -2.35. The maximum absolute atomic E-state index is 11.6. The number of carbonyl (C=O) groups is 1. The van der Waals surface area contributed by atoms with Crippen LogP contribution in [0.4, 0.5) is 0 Å². The molecule has 0 aromatic heterocycles. The van der Waals surface area contributed by atoms with Crippen LogP contribution in [-0.4, -0.2) is 55.7 Å². The highest BCUT2D eigenvalue weighted by molar-refractivity contribution is 8.77. The zero-order valence-electron chi connectivity index (χ0n) is 13.9. The van der Waals surface area contributed by atoms with Crippen molar-refractivity contribution in [2.75, 3.05) is 40.0 Å². The van der Waals surface area contributed by atoms with E-state index in [-0.39, 0.29) is 5.97 Å². The molecular weight excluding hydrogens is 302 g/mol. The molecule has 21 heavy (non-hydrogen) atoms. The quantitative estimate of drug-likeness (QED) is 0.246. The van der Waals surface area contributed by atoms with Gasteiger partial charge in [0.25, 0.3) is 0 Å². The molecule has 1 fully saturated rings. The number of quaternary nitrogens is 1. The van der Waals surface area contributed by atoms with Crippen LogP contribution in [0.5, 0.6) is 0 Å². The van der Waals surface area contributed by atoms with Crippen LogP contribution in [0.25, 0.3) is 0 Å². The molecule has 0 saturated carbocycles. The van der Waals surface area contributed by atoms with Gasteiger partial charge in [0.05, 0.1) is 34.3 Å². The van der Waals surface area contributed by atoms with Gasteiger partial charge in [-0.1, -0.05) is 28.0 Å². The van der Waals surface area contributed by atoms with E-state index < -0.39 is 0 Å². The summed E-state index contributed by atoms with van der Waals surface area (Å²) in [5, 5.41) is 0.826. The summed E-state index contributed by atoms with van der Waals surface area (Å²) in [6.45, 7) is 1.79. The summed E-state index contributed by atoms with van der Waals surface area (Å²) in [7, 11) is 10.6. The molecule has 1 aliphatic heterocycles. The number of unbranched alkanes of at least 4 members (excludes halogenated alkanes) is 3. The van der Waals surface area contributed by atoms with Crippen LogP contribution < -0.4 is 0 Å². The van der Waals surface area contributed by atoms with Crippen LogP contribution >= 0.6 is 21.6 Å². The Kier molecular flexibility index (Phi) is 9.85. The molecular formula is C16H32NO2S2+. The molecule has 0 amide bonds. The molecule has 1 aliphatic rings. The van der Waals surface area contributed by atoms with E-state index in [0.29, 0.717) is 13.0 Å². The van der Waals surface area contributed by atoms with Gasteiger partial charge < -0.3 is 9.22 Å². The molecule has 0 radical (unpaired) electrons. The minimum atomic E-state index is -0.00458. The highest BCUT2D eigenvalue weighted by Crippen LogP contribution is 2.39. The molecule has 0 aromatic rings. The van der Waals surface area contributed by atoms with E-state index in [1.807, 2.05) is 21.6 Å². The third-order valence-corrected chi connectivity index (χ3v) is 6.63. The number of nitrogens with zero attached hydrogens (tertiary/aromatic N) is 1. The van der Waals surface area contributed by atoms with E-state index in [2.05, 4.69) is 21.1 Å². The number of hydrogen-bond donors (Lipinski definition) is 0. The highest BCUT2D eigenvalue weighted by atomic mass is 33.1. The summed E-state index contributed by atoms with van der Waals surface area (Å²) in [6.07, 6.45) is 8.71. The molecule has 0 spiro atoms. The van der Waals surface area contributed by atoms with Gasteiger partial charge >= 0.3 is 5.97 Å². The Balaban J connectivity index is 1.85. The van der Waals surface area contributed by atoms with E-state index >= 15 is 0 Å². The maximum atomic E-state index is 11.6. The Bertz CT molecular complexity index is 286. The van der Waals surface area contributed by atoms with E-state index in [0.717, 1.165) is 35.4 Å². The zero-order valence-corrected chi connectivity index (χ0v) is 15.6. The molecule has 1 rings (SSSR count). The van der Waals surface area contributed by atoms with Gasteiger partial charge in [0.2, 0.25) is 0 Å². The number of ether oxygens (including phenoxy) is 1. The lowest BCUT2D eigenvalue weighted by Gasteiger charge is -2.23. The van der Waals surface area contributed by atoms with E-state index in [1.54, 1.807) is 0 Å². The fourth-order valence-corrected chi connectivity index (χ4v) is 5.36. The SMILES string of the molecule is C[N+](C)(C)CCCCCOC(=O)CCCCC1CCSS1. The molecule has 0 N–H and O–H groups in total. The lowest BCUT2D eigenvalue weighted by molar-refractivity contribution is -0.870. The van der Waals surface area contributed by atoms with Crippen LogP contribution in [-0.2, 0) is 9.53 Å². The first-order valence-electron chi connectivity index (χ1n) is 8.22. The minimum Gasteiger partial charge on any atom is -0.466 e. The summed E-state index contributed by atoms with van der Waals surface area (Å²) in [4.78, 5) is 11.6. The summed E-state index contributed by atoms with van der Waals surface area (Å²) in [6, 6.07) is 0. The van der Waals surface area contributed by atoms with E-state index in [1.165, 1.54) is 31.6 Å². The highest BCUT2D eigenvalue weighted by Gasteiger charge is 2.15. The predicted octanol–water partition coefficient (Wildman–Crippen LogP) is 4.12. The van der Waals surface area contributed by atoms with Crippen molar-refractivity contribution in [2.45, 2.75) is 56.6 Å². The molecule has 1 atom stereocenters. The number of hydrogen-bond acceptors (Lipinski definition) is 4. The Hall–Kier alpha value is 0.130. The molecule has 1 unspecified atom stereocenters. The summed E-state index contributed by atoms with van der Waals surface area (Å²) < 4.78 is 6.30. The van der Waals surface area contributed by atoms with Crippen molar-refractivity contribution in [3.05, 3.63) is 0 Å². The lowest BCUT2D eigenvalue weighted by atomic mass is 10.1. The summed E-state index contributed by atoms with van der Waals surface area (Å²) >= 11 is 0. The third-order valence-electron chi connectivity index (χ3n) is 3.62. The summed E-state index contributed by atoms with van der Waals surface area (Å²) in [5.41, 5.74) is 0. The Morgan fingerprint density at radius 1 is 1.14 bits per heavy atom. The molecule has 0 aliphatic carbocycles. The van der Waals surface area contributed by atoms with E-state index in [4.69, 9.17) is 4.74 Å². The minimum absolute atomic E-state index is 0.00458. The molecule has 1 saturated heterocycles. The molecule has 1 heterocycles. The normalized spacial score (nSPS) is 18.9. The van der Waals surface area contributed by atoms with Crippen molar-refractivity contribution in [3.63, 3.8) is 0 Å². The monoisotopic (exact) mass is 334 g/mol. The van der Waals surface area contributed by atoms with Gasteiger partial charge in [-0.25, -0.2) is 0 Å². The van der Waals surface area contributed by atoms with Gasteiger partial charge in [0, 0.05) is 17.4 Å². The first-order valence-corrected chi connectivity index (χ1v) is 10.6. The van der Waals surface area contributed by atoms with Gasteiger partial charge in [-0.3, -0.25) is 4.79 Å². The molecule has 3 nitrogen and oxygen atoms in total. The number of carbonyl (C=O) groups excluding carboxylic acids is 1. The second-order valence-electron chi connectivity index (χ2n) is 6.87. The van der Waals surface area contributed by atoms with Crippen LogP contribution in [0.15, 0.2) is 0 Å². The maximum Gasteiger partial charge on any atom is 0.305 e. The van der Waals surface area contributed by atoms with Crippen molar-refractivity contribution in [1.29, 1.82) is 0 Å². The first kappa shape index (κ1) is 19.2. The smallest absolute Gasteiger partial charge is 0.305 e. The standard InChI is InChI=1S/C16H32NO2S2/c1-17(2,3)12-7-4-8-13-19-16(18)10-6-5-9-15-11-14-20-21-15/h15H,4-14H2,1-3H3/q+1. The van der Waals surface area contributed by atoms with Crippen molar-refractivity contribution < 1.29 is 14.0 Å². The van der Waals surface area contributed by atoms with Gasteiger partial charge in [-0.05, 0) is 38.5 Å². The molecule has 5 heteroatoms. The largest absolute Gasteiger partial charge is 0.466 e. The topological polar surface area (TPSA) is 26.3 Å². The van der Waals surface area contributed by atoms with Crippen LogP contribution in [0.2, 0.25) is 0 Å². The second-order valence-corrected chi connectivity index (χ2v) is 9.66. The second kappa shape index (κ2) is 10.8. The Morgan fingerprint density at radius 2 is 1.95 bits per heavy atom. The first-order chi connectivity index (χ1) is 9.97. The molecule has 0 aromatic carbocycles. The van der Waals surface area contributed by atoms with Crippen LogP contribution in [0.3, 0.4) is 0 Å². The molecule has 124 valence electrons.